The predicted molar refractivity (Wildman–Crippen MR) is 95.1 cm³/mol. The van der Waals surface area contributed by atoms with E-state index in [1.165, 1.54) is 18.9 Å². The first-order valence-electron chi connectivity index (χ1n) is 9.31. The molecule has 3 unspecified atom stereocenters. The van der Waals surface area contributed by atoms with E-state index in [0.29, 0.717) is 24.0 Å². The number of ether oxygens (including phenoxy) is 1. The standard InChI is InChI=1S/C20H25FN2O2/c21-16-4-3-5-17-20(16)15(11-22-17)10-14(13-24)12-23-8-9-25-19-7-2-1-6-18(19)23/h3-5,11,13-14,18-19,22H,1-2,6-10,12H2. The van der Waals surface area contributed by atoms with E-state index in [0.717, 1.165) is 49.9 Å². The molecule has 3 atom stereocenters. The van der Waals surface area contributed by atoms with E-state index in [-0.39, 0.29) is 11.7 Å². The van der Waals surface area contributed by atoms with Crippen LogP contribution in [0.15, 0.2) is 24.4 Å². The molecule has 1 N–H and O–H groups in total. The van der Waals surface area contributed by atoms with Crippen molar-refractivity contribution in [3.63, 3.8) is 0 Å². The third-order valence-corrected chi connectivity index (χ3v) is 5.73. The number of halogens is 1. The molecule has 134 valence electrons. The molecule has 2 aromatic rings. The Bertz CT molecular complexity index is 742. The van der Waals surface area contributed by atoms with Crippen LogP contribution in [0.2, 0.25) is 0 Å². The first kappa shape index (κ1) is 16.7. The number of nitrogens with one attached hydrogen (secondary N) is 1. The lowest BCUT2D eigenvalue weighted by Gasteiger charge is -2.44. The van der Waals surface area contributed by atoms with Crippen LogP contribution in [-0.2, 0) is 16.0 Å². The number of carbonyl (C=O) groups excluding carboxylic acids is 1. The van der Waals surface area contributed by atoms with Crippen LogP contribution in [0.3, 0.4) is 0 Å². The van der Waals surface area contributed by atoms with E-state index in [1.807, 2.05) is 12.3 Å². The Morgan fingerprint density at radius 1 is 1.36 bits per heavy atom. The van der Waals surface area contributed by atoms with Gasteiger partial charge in [0, 0.05) is 42.1 Å². The third kappa shape index (κ3) is 3.35. The van der Waals surface area contributed by atoms with Crippen molar-refractivity contribution in [3.05, 3.63) is 35.8 Å². The lowest BCUT2D eigenvalue weighted by atomic mass is 9.89. The Balaban J connectivity index is 1.49. The first-order chi connectivity index (χ1) is 12.3. The maximum Gasteiger partial charge on any atom is 0.132 e. The van der Waals surface area contributed by atoms with Gasteiger partial charge in [-0.2, -0.15) is 0 Å². The molecule has 1 saturated carbocycles. The zero-order valence-corrected chi connectivity index (χ0v) is 14.4. The van der Waals surface area contributed by atoms with Crippen LogP contribution in [0.4, 0.5) is 4.39 Å². The highest BCUT2D eigenvalue weighted by Gasteiger charge is 2.35. The first-order valence-corrected chi connectivity index (χ1v) is 9.31. The van der Waals surface area contributed by atoms with Crippen LogP contribution in [-0.4, -0.2) is 48.0 Å². The molecule has 0 radical (unpaired) electrons. The third-order valence-electron chi connectivity index (χ3n) is 5.73. The second kappa shape index (κ2) is 7.26. The number of rotatable bonds is 5. The number of H-pyrrole nitrogens is 1. The van der Waals surface area contributed by atoms with Crippen LogP contribution in [0, 0.1) is 11.7 Å². The number of fused-ring (bicyclic) bond motifs is 2. The molecule has 1 aromatic carbocycles. The fraction of sp³-hybridized carbons (Fsp3) is 0.550. The number of benzene rings is 1. The average molecular weight is 344 g/mol. The fourth-order valence-corrected chi connectivity index (χ4v) is 4.51. The summed E-state index contributed by atoms with van der Waals surface area (Å²) in [5.41, 5.74) is 1.68. The molecule has 1 aliphatic heterocycles. The van der Waals surface area contributed by atoms with E-state index in [4.69, 9.17) is 4.74 Å². The topological polar surface area (TPSA) is 45.3 Å². The molecule has 2 heterocycles. The predicted octanol–water partition coefficient (Wildman–Crippen LogP) is 3.31. The molecule has 2 aliphatic rings. The summed E-state index contributed by atoms with van der Waals surface area (Å²) in [6, 6.07) is 5.48. The van der Waals surface area contributed by atoms with Gasteiger partial charge in [0.15, 0.2) is 0 Å². The summed E-state index contributed by atoms with van der Waals surface area (Å²) in [4.78, 5) is 17.3. The highest BCUT2D eigenvalue weighted by atomic mass is 19.1. The number of carbonyl (C=O) groups is 1. The van der Waals surface area contributed by atoms with E-state index >= 15 is 0 Å². The summed E-state index contributed by atoms with van der Waals surface area (Å²) in [5, 5.41) is 0.617. The second-order valence-electron chi connectivity index (χ2n) is 7.33. The SMILES string of the molecule is O=CC(Cc1c[nH]c2cccc(F)c12)CN1CCOC2CCCCC21. The van der Waals surface area contributed by atoms with E-state index < -0.39 is 0 Å². The minimum atomic E-state index is -0.225. The molecule has 1 aliphatic carbocycles. The van der Waals surface area contributed by atoms with E-state index in [9.17, 15) is 9.18 Å². The van der Waals surface area contributed by atoms with Crippen LogP contribution in [0.25, 0.3) is 10.9 Å². The normalized spacial score (nSPS) is 25.6. The second-order valence-corrected chi connectivity index (χ2v) is 7.33. The number of nitrogens with zero attached hydrogens (tertiary/aromatic N) is 1. The average Bonchev–Trinajstić information content (AvgIpc) is 3.05. The minimum absolute atomic E-state index is 0.126. The number of aromatic amines is 1. The van der Waals surface area contributed by atoms with Gasteiger partial charge in [-0.15, -0.1) is 0 Å². The van der Waals surface area contributed by atoms with Gasteiger partial charge < -0.3 is 14.5 Å². The van der Waals surface area contributed by atoms with Crippen LogP contribution in [0.1, 0.15) is 31.2 Å². The Kier molecular flexibility index (Phi) is 4.86. The van der Waals surface area contributed by atoms with Crippen LogP contribution < -0.4 is 0 Å². The largest absolute Gasteiger partial charge is 0.375 e. The smallest absolute Gasteiger partial charge is 0.132 e. The van der Waals surface area contributed by atoms with Crippen molar-refractivity contribution in [3.8, 4) is 0 Å². The monoisotopic (exact) mass is 344 g/mol. The highest BCUT2D eigenvalue weighted by Crippen LogP contribution is 2.30. The zero-order valence-electron chi connectivity index (χ0n) is 14.4. The summed E-state index contributed by atoms with van der Waals surface area (Å²) in [7, 11) is 0. The highest BCUT2D eigenvalue weighted by molar-refractivity contribution is 5.84. The summed E-state index contributed by atoms with van der Waals surface area (Å²) >= 11 is 0. The molecule has 1 aromatic heterocycles. The van der Waals surface area contributed by atoms with Crippen LogP contribution in [0.5, 0.6) is 0 Å². The lowest BCUT2D eigenvalue weighted by Crippen LogP contribution is -2.54. The number of aldehydes is 1. The number of aromatic nitrogens is 1. The molecule has 2 fully saturated rings. The van der Waals surface area contributed by atoms with Crippen LogP contribution >= 0.6 is 0 Å². The van der Waals surface area contributed by atoms with Gasteiger partial charge in [-0.1, -0.05) is 18.9 Å². The molecule has 0 spiro atoms. The Morgan fingerprint density at radius 2 is 2.24 bits per heavy atom. The fourth-order valence-electron chi connectivity index (χ4n) is 4.51. The van der Waals surface area contributed by atoms with Gasteiger partial charge in [0.05, 0.1) is 12.7 Å². The molecule has 5 heteroatoms. The molecule has 4 rings (SSSR count). The van der Waals surface area contributed by atoms with Gasteiger partial charge in [0.25, 0.3) is 0 Å². The summed E-state index contributed by atoms with van der Waals surface area (Å²) in [6.07, 6.45) is 8.51. The number of hydrogen-bond donors (Lipinski definition) is 1. The number of hydrogen-bond acceptors (Lipinski definition) is 3. The molecule has 0 amide bonds. The maximum atomic E-state index is 14.2. The summed E-state index contributed by atoms with van der Waals surface area (Å²) in [5.74, 6) is -0.351. The van der Waals surface area contributed by atoms with Crippen molar-refractivity contribution in [2.45, 2.75) is 44.2 Å². The van der Waals surface area contributed by atoms with Gasteiger partial charge >= 0.3 is 0 Å². The summed E-state index contributed by atoms with van der Waals surface area (Å²) in [6.45, 7) is 2.36. The molecular formula is C20H25FN2O2. The Hall–Kier alpha value is -1.72. The van der Waals surface area contributed by atoms with Gasteiger partial charge in [-0.05, 0) is 37.0 Å². The van der Waals surface area contributed by atoms with Crippen molar-refractivity contribution in [1.29, 1.82) is 0 Å². The van der Waals surface area contributed by atoms with Crippen molar-refractivity contribution in [2.75, 3.05) is 19.7 Å². The molecule has 4 nitrogen and oxygen atoms in total. The minimum Gasteiger partial charge on any atom is -0.375 e. The molecular weight excluding hydrogens is 319 g/mol. The molecule has 1 saturated heterocycles. The maximum absolute atomic E-state index is 14.2. The number of morpholine rings is 1. The van der Waals surface area contributed by atoms with Gasteiger partial charge in [0.1, 0.15) is 12.1 Å². The van der Waals surface area contributed by atoms with Gasteiger partial charge in [-0.3, -0.25) is 4.90 Å². The van der Waals surface area contributed by atoms with Crippen molar-refractivity contribution in [2.24, 2.45) is 5.92 Å². The molecule has 25 heavy (non-hydrogen) atoms. The molecule has 0 bridgehead atoms. The van der Waals surface area contributed by atoms with Crippen molar-refractivity contribution >= 4 is 17.2 Å². The van der Waals surface area contributed by atoms with E-state index in [2.05, 4.69) is 9.88 Å². The summed E-state index contributed by atoms with van der Waals surface area (Å²) < 4.78 is 20.1. The van der Waals surface area contributed by atoms with Gasteiger partial charge in [-0.25, -0.2) is 4.39 Å². The van der Waals surface area contributed by atoms with Crippen molar-refractivity contribution in [1.82, 2.24) is 9.88 Å². The Labute approximate surface area is 147 Å². The lowest BCUT2D eigenvalue weighted by molar-refractivity contribution is -0.116. The van der Waals surface area contributed by atoms with Crippen molar-refractivity contribution < 1.29 is 13.9 Å². The zero-order chi connectivity index (χ0) is 17.2. The Morgan fingerprint density at radius 3 is 3.12 bits per heavy atom. The van der Waals surface area contributed by atoms with E-state index in [1.54, 1.807) is 6.07 Å². The van der Waals surface area contributed by atoms with Gasteiger partial charge in [0.2, 0.25) is 0 Å². The quantitative estimate of drug-likeness (QED) is 0.847.